The molecule has 0 saturated heterocycles. The maximum absolute atomic E-state index is 12.6. The zero-order chi connectivity index (χ0) is 19.3. The van der Waals surface area contributed by atoms with Crippen LogP contribution >= 0.6 is 0 Å². The number of para-hydroxylation sites is 3. The number of hydrogen-bond donors (Lipinski definition) is 1. The maximum Gasteiger partial charge on any atom is 0.245 e. The number of hydrogen-bond acceptors (Lipinski definition) is 4. The Morgan fingerprint density at radius 1 is 1.15 bits per heavy atom. The SMILES string of the molecule is CCc1cccc(C)c1NC(=O)CN(c1ccccc1OC)S(C)(=O)=O. The van der Waals surface area contributed by atoms with Crippen molar-refractivity contribution in [2.24, 2.45) is 0 Å². The number of nitrogens with zero attached hydrogens (tertiary/aromatic N) is 1. The third-order valence-electron chi connectivity index (χ3n) is 4.05. The third kappa shape index (κ3) is 4.54. The highest BCUT2D eigenvalue weighted by molar-refractivity contribution is 7.92. The lowest BCUT2D eigenvalue weighted by molar-refractivity contribution is -0.114. The predicted octanol–water partition coefficient (Wildman–Crippen LogP) is 2.97. The van der Waals surface area contributed by atoms with Crippen molar-refractivity contribution >= 4 is 27.3 Å². The van der Waals surface area contributed by atoms with E-state index in [1.807, 2.05) is 32.0 Å². The van der Waals surface area contributed by atoms with E-state index in [1.165, 1.54) is 7.11 Å². The van der Waals surface area contributed by atoms with Crippen LogP contribution in [0.1, 0.15) is 18.1 Å². The Morgan fingerprint density at radius 2 is 1.85 bits per heavy atom. The Morgan fingerprint density at radius 3 is 2.46 bits per heavy atom. The first kappa shape index (κ1) is 19.8. The number of anilines is 2. The lowest BCUT2D eigenvalue weighted by atomic mass is 10.1. The highest BCUT2D eigenvalue weighted by Gasteiger charge is 2.24. The van der Waals surface area contributed by atoms with Gasteiger partial charge in [-0.05, 0) is 36.6 Å². The monoisotopic (exact) mass is 376 g/mol. The molecular formula is C19H24N2O4S. The number of benzene rings is 2. The van der Waals surface area contributed by atoms with E-state index in [2.05, 4.69) is 5.32 Å². The van der Waals surface area contributed by atoms with Crippen LogP contribution in [0.15, 0.2) is 42.5 Å². The van der Waals surface area contributed by atoms with Crippen molar-refractivity contribution in [1.29, 1.82) is 0 Å². The number of nitrogens with one attached hydrogen (secondary N) is 1. The largest absolute Gasteiger partial charge is 0.495 e. The van der Waals surface area contributed by atoms with Gasteiger partial charge in [0.05, 0.1) is 19.1 Å². The third-order valence-corrected chi connectivity index (χ3v) is 5.17. The average Bonchev–Trinajstić information content (AvgIpc) is 2.60. The fraction of sp³-hybridized carbons (Fsp3) is 0.316. The van der Waals surface area contributed by atoms with E-state index in [1.54, 1.807) is 24.3 Å². The minimum absolute atomic E-state index is 0.327. The smallest absolute Gasteiger partial charge is 0.245 e. The number of sulfonamides is 1. The van der Waals surface area contributed by atoms with Gasteiger partial charge in [-0.3, -0.25) is 9.10 Å². The summed E-state index contributed by atoms with van der Waals surface area (Å²) in [6.07, 6.45) is 1.83. The molecule has 0 fully saturated rings. The van der Waals surface area contributed by atoms with Crippen molar-refractivity contribution < 1.29 is 17.9 Å². The van der Waals surface area contributed by atoms with E-state index in [0.29, 0.717) is 11.4 Å². The molecule has 0 bridgehead atoms. The molecule has 1 N–H and O–H groups in total. The summed E-state index contributed by atoms with van der Waals surface area (Å²) in [5, 5.41) is 2.85. The van der Waals surface area contributed by atoms with Crippen molar-refractivity contribution in [1.82, 2.24) is 0 Å². The van der Waals surface area contributed by atoms with Crippen molar-refractivity contribution in [3.63, 3.8) is 0 Å². The van der Waals surface area contributed by atoms with Gasteiger partial charge in [-0.25, -0.2) is 8.42 Å². The van der Waals surface area contributed by atoms with Gasteiger partial charge in [-0.2, -0.15) is 0 Å². The first-order valence-corrected chi connectivity index (χ1v) is 10.1. The van der Waals surface area contributed by atoms with Crippen LogP contribution in [0, 0.1) is 6.92 Å². The minimum atomic E-state index is -3.67. The number of aryl methyl sites for hydroxylation is 2. The summed E-state index contributed by atoms with van der Waals surface area (Å²) in [5.74, 6) is -0.0267. The van der Waals surface area contributed by atoms with Crippen LogP contribution in [0.4, 0.5) is 11.4 Å². The Labute approximate surface area is 154 Å². The Hall–Kier alpha value is -2.54. The van der Waals surface area contributed by atoms with E-state index in [9.17, 15) is 13.2 Å². The molecule has 0 unspecified atom stereocenters. The summed E-state index contributed by atoms with van der Waals surface area (Å²) < 4.78 is 30.8. The second kappa shape index (κ2) is 8.23. The molecule has 0 aromatic heterocycles. The van der Waals surface area contributed by atoms with Crippen LogP contribution in [0.5, 0.6) is 5.75 Å². The van der Waals surface area contributed by atoms with Gasteiger partial charge in [0.15, 0.2) is 0 Å². The summed E-state index contributed by atoms with van der Waals surface area (Å²) in [5.41, 5.74) is 2.99. The van der Waals surface area contributed by atoms with Gasteiger partial charge in [0.2, 0.25) is 15.9 Å². The van der Waals surface area contributed by atoms with Gasteiger partial charge in [0, 0.05) is 5.69 Å². The van der Waals surface area contributed by atoms with E-state index >= 15 is 0 Å². The van der Waals surface area contributed by atoms with E-state index in [0.717, 1.165) is 33.8 Å². The second-order valence-electron chi connectivity index (χ2n) is 5.95. The summed E-state index contributed by atoms with van der Waals surface area (Å²) in [4.78, 5) is 12.6. The van der Waals surface area contributed by atoms with Crippen molar-refractivity contribution in [3.05, 3.63) is 53.6 Å². The molecule has 0 spiro atoms. The van der Waals surface area contributed by atoms with Crippen molar-refractivity contribution in [2.75, 3.05) is 29.5 Å². The van der Waals surface area contributed by atoms with Crippen LogP contribution in [-0.4, -0.2) is 34.2 Å². The number of methoxy groups -OCH3 is 1. The number of carbonyl (C=O) groups is 1. The molecule has 0 atom stereocenters. The Bertz CT molecular complexity index is 894. The molecule has 1 amide bonds. The lowest BCUT2D eigenvalue weighted by Crippen LogP contribution is -2.37. The number of amides is 1. The van der Waals surface area contributed by atoms with Crippen LogP contribution in [0.3, 0.4) is 0 Å². The summed E-state index contributed by atoms with van der Waals surface area (Å²) in [7, 11) is -2.21. The molecule has 0 aliphatic rings. The zero-order valence-electron chi connectivity index (χ0n) is 15.4. The van der Waals surface area contributed by atoms with Gasteiger partial charge in [0.1, 0.15) is 12.3 Å². The van der Waals surface area contributed by atoms with E-state index < -0.39 is 15.9 Å². The van der Waals surface area contributed by atoms with Crippen LogP contribution in [0.2, 0.25) is 0 Å². The molecule has 140 valence electrons. The molecule has 7 heteroatoms. The van der Waals surface area contributed by atoms with Crippen LogP contribution in [-0.2, 0) is 21.2 Å². The van der Waals surface area contributed by atoms with Gasteiger partial charge >= 0.3 is 0 Å². The summed E-state index contributed by atoms with van der Waals surface area (Å²) >= 11 is 0. The molecule has 2 aromatic rings. The van der Waals surface area contributed by atoms with Gasteiger partial charge < -0.3 is 10.1 Å². The van der Waals surface area contributed by atoms with Crippen molar-refractivity contribution in [2.45, 2.75) is 20.3 Å². The fourth-order valence-electron chi connectivity index (χ4n) is 2.73. The fourth-order valence-corrected chi connectivity index (χ4v) is 3.59. The molecular weight excluding hydrogens is 352 g/mol. The van der Waals surface area contributed by atoms with Crippen LogP contribution < -0.4 is 14.4 Å². The molecule has 6 nitrogen and oxygen atoms in total. The maximum atomic E-state index is 12.6. The normalized spacial score (nSPS) is 11.1. The minimum Gasteiger partial charge on any atom is -0.495 e. The first-order chi connectivity index (χ1) is 12.3. The number of carbonyl (C=O) groups excluding carboxylic acids is 1. The predicted molar refractivity (Wildman–Crippen MR) is 104 cm³/mol. The van der Waals surface area contributed by atoms with E-state index in [4.69, 9.17) is 4.74 Å². The number of ether oxygens (including phenoxy) is 1. The molecule has 2 aromatic carbocycles. The van der Waals surface area contributed by atoms with Crippen molar-refractivity contribution in [3.8, 4) is 5.75 Å². The molecule has 0 aliphatic carbocycles. The summed E-state index contributed by atoms with van der Waals surface area (Å²) in [6, 6.07) is 12.5. The Kier molecular flexibility index (Phi) is 6.26. The summed E-state index contributed by atoms with van der Waals surface area (Å²) in [6.45, 7) is 3.57. The number of rotatable bonds is 7. The second-order valence-corrected chi connectivity index (χ2v) is 7.86. The zero-order valence-corrected chi connectivity index (χ0v) is 16.3. The van der Waals surface area contributed by atoms with Gasteiger partial charge in [-0.15, -0.1) is 0 Å². The molecule has 0 heterocycles. The Balaban J connectivity index is 2.32. The highest BCUT2D eigenvalue weighted by Crippen LogP contribution is 2.29. The average molecular weight is 376 g/mol. The molecule has 0 aliphatic heterocycles. The molecule has 26 heavy (non-hydrogen) atoms. The van der Waals surface area contributed by atoms with E-state index in [-0.39, 0.29) is 6.54 Å². The lowest BCUT2D eigenvalue weighted by Gasteiger charge is -2.24. The topological polar surface area (TPSA) is 75.7 Å². The highest BCUT2D eigenvalue weighted by atomic mass is 32.2. The van der Waals surface area contributed by atoms with Gasteiger partial charge in [-0.1, -0.05) is 37.3 Å². The van der Waals surface area contributed by atoms with Crippen LogP contribution in [0.25, 0.3) is 0 Å². The standard InChI is InChI=1S/C19H24N2O4S/c1-5-15-10-8-9-14(2)19(15)20-18(22)13-21(26(4,23)24)16-11-6-7-12-17(16)25-3/h6-12H,5,13H2,1-4H3,(H,20,22). The van der Waals surface area contributed by atoms with Gasteiger partial charge in [0.25, 0.3) is 0 Å². The first-order valence-electron chi connectivity index (χ1n) is 8.27. The quantitative estimate of drug-likeness (QED) is 0.806. The molecule has 0 saturated carbocycles. The molecule has 0 radical (unpaired) electrons. The molecule has 2 rings (SSSR count).